The molecule has 2 amide bonds. The largest absolute Gasteiger partial charge is 0.497 e. The summed E-state index contributed by atoms with van der Waals surface area (Å²) in [5, 5.41) is 3.26. The van der Waals surface area contributed by atoms with E-state index >= 15 is 0 Å². The molecule has 1 aliphatic heterocycles. The van der Waals surface area contributed by atoms with E-state index in [9.17, 15) is 9.59 Å². The first-order valence-electron chi connectivity index (χ1n) is 10.5. The summed E-state index contributed by atoms with van der Waals surface area (Å²) in [7, 11) is 1.60. The molecule has 1 fully saturated rings. The van der Waals surface area contributed by atoms with Gasteiger partial charge in [-0.15, -0.1) is 0 Å². The lowest BCUT2D eigenvalue weighted by Crippen LogP contribution is -2.47. The van der Waals surface area contributed by atoms with Gasteiger partial charge in [0.25, 0.3) is 5.91 Å². The zero-order chi connectivity index (χ0) is 21.3. The molecule has 1 heterocycles. The maximum absolute atomic E-state index is 13.3. The fourth-order valence-corrected chi connectivity index (χ4v) is 3.71. The summed E-state index contributed by atoms with van der Waals surface area (Å²) < 4.78 is 5.20. The van der Waals surface area contributed by atoms with Crippen LogP contribution in [0.2, 0.25) is 0 Å². The van der Waals surface area contributed by atoms with Crippen LogP contribution in [0, 0.1) is 0 Å². The van der Waals surface area contributed by atoms with Crippen LogP contribution < -0.4 is 10.1 Å². The fraction of sp³-hybridized carbons (Fsp3) is 0.417. The summed E-state index contributed by atoms with van der Waals surface area (Å²) in [5.74, 6) is 0.928. The highest BCUT2D eigenvalue weighted by Crippen LogP contribution is 2.19. The maximum Gasteiger partial charge on any atom is 0.253 e. The van der Waals surface area contributed by atoms with Crippen molar-refractivity contribution in [3.8, 4) is 5.75 Å². The Balaban J connectivity index is 1.71. The number of hydrogen-bond acceptors (Lipinski definition) is 4. The quantitative estimate of drug-likeness (QED) is 0.728. The van der Waals surface area contributed by atoms with Crippen LogP contribution in [0.5, 0.6) is 5.75 Å². The number of carbonyl (C=O) groups excluding carboxylic acids is 2. The molecular weight excluding hydrogens is 378 g/mol. The van der Waals surface area contributed by atoms with Gasteiger partial charge in [-0.1, -0.05) is 37.3 Å². The topological polar surface area (TPSA) is 61.9 Å². The Kier molecular flexibility index (Phi) is 7.85. The highest BCUT2D eigenvalue weighted by atomic mass is 16.5. The summed E-state index contributed by atoms with van der Waals surface area (Å²) in [4.78, 5) is 29.6. The minimum absolute atomic E-state index is 0.0615. The lowest BCUT2D eigenvalue weighted by atomic mass is 10.00. The minimum atomic E-state index is -0.0615. The second-order valence-electron chi connectivity index (χ2n) is 7.67. The lowest BCUT2D eigenvalue weighted by molar-refractivity contribution is -0.131. The molecule has 30 heavy (non-hydrogen) atoms. The molecule has 1 unspecified atom stereocenters. The van der Waals surface area contributed by atoms with Crippen molar-refractivity contribution in [3.05, 3.63) is 65.7 Å². The van der Waals surface area contributed by atoms with Crippen molar-refractivity contribution >= 4 is 11.8 Å². The van der Waals surface area contributed by atoms with Crippen LogP contribution in [-0.2, 0) is 4.79 Å². The van der Waals surface area contributed by atoms with E-state index in [0.29, 0.717) is 30.8 Å². The monoisotopic (exact) mass is 409 g/mol. The third-order valence-corrected chi connectivity index (χ3v) is 5.55. The van der Waals surface area contributed by atoms with Crippen molar-refractivity contribution in [3.63, 3.8) is 0 Å². The summed E-state index contributed by atoms with van der Waals surface area (Å²) in [6, 6.07) is 17.3. The van der Waals surface area contributed by atoms with Crippen LogP contribution in [0.3, 0.4) is 0 Å². The highest BCUT2D eigenvalue weighted by Gasteiger charge is 2.22. The van der Waals surface area contributed by atoms with Gasteiger partial charge in [0.15, 0.2) is 0 Å². The van der Waals surface area contributed by atoms with Crippen molar-refractivity contribution in [1.82, 2.24) is 15.1 Å². The smallest absolute Gasteiger partial charge is 0.253 e. The number of carbonyl (C=O) groups is 2. The third kappa shape index (κ3) is 5.83. The molecule has 0 radical (unpaired) electrons. The predicted molar refractivity (Wildman–Crippen MR) is 118 cm³/mol. The molecule has 6 heteroatoms. The van der Waals surface area contributed by atoms with E-state index in [1.54, 1.807) is 36.3 Å². The van der Waals surface area contributed by atoms with Gasteiger partial charge >= 0.3 is 0 Å². The molecule has 1 saturated heterocycles. The van der Waals surface area contributed by atoms with Gasteiger partial charge in [-0.2, -0.15) is 0 Å². The SMILES string of the molecule is COc1ccc(C(=O)N(CCC(=O)N2CCNCC2)CC(C)c2ccccc2)cc1. The number of ether oxygens (including phenoxy) is 1. The second-order valence-corrected chi connectivity index (χ2v) is 7.67. The molecule has 0 bridgehead atoms. The fourth-order valence-electron chi connectivity index (χ4n) is 3.71. The highest BCUT2D eigenvalue weighted by molar-refractivity contribution is 5.94. The second kappa shape index (κ2) is 10.8. The van der Waals surface area contributed by atoms with Crippen LogP contribution in [0.1, 0.15) is 35.2 Å². The predicted octanol–water partition coefficient (Wildman–Crippen LogP) is 2.76. The number of benzene rings is 2. The Bertz CT molecular complexity index is 817. The first-order valence-corrected chi connectivity index (χ1v) is 10.5. The number of rotatable bonds is 8. The molecule has 0 spiro atoms. The molecule has 6 nitrogen and oxygen atoms in total. The maximum atomic E-state index is 13.3. The molecular formula is C24H31N3O3. The van der Waals surface area contributed by atoms with E-state index in [4.69, 9.17) is 4.74 Å². The summed E-state index contributed by atoms with van der Waals surface area (Å²) in [6.07, 6.45) is 0.337. The Labute approximate surface area is 178 Å². The zero-order valence-electron chi connectivity index (χ0n) is 17.8. The Morgan fingerprint density at radius 1 is 1.07 bits per heavy atom. The van der Waals surface area contributed by atoms with Crippen LogP contribution in [-0.4, -0.2) is 68.0 Å². The third-order valence-electron chi connectivity index (χ3n) is 5.55. The normalized spacial score (nSPS) is 14.8. The summed E-state index contributed by atoms with van der Waals surface area (Å²) in [6.45, 7) is 6.18. The lowest BCUT2D eigenvalue weighted by Gasteiger charge is -2.30. The summed E-state index contributed by atoms with van der Waals surface area (Å²) in [5.41, 5.74) is 1.78. The van der Waals surface area contributed by atoms with Crippen molar-refractivity contribution in [1.29, 1.82) is 0 Å². The average molecular weight is 410 g/mol. The molecule has 0 saturated carbocycles. The Hall–Kier alpha value is -2.86. The van der Waals surface area contributed by atoms with Gasteiger partial charge < -0.3 is 19.9 Å². The molecule has 0 aliphatic carbocycles. The molecule has 3 rings (SSSR count). The van der Waals surface area contributed by atoms with E-state index in [1.165, 1.54) is 5.56 Å². The first kappa shape index (κ1) is 21.8. The van der Waals surface area contributed by atoms with E-state index in [-0.39, 0.29) is 17.7 Å². The number of nitrogens with one attached hydrogen (secondary N) is 1. The van der Waals surface area contributed by atoms with Crippen LogP contribution >= 0.6 is 0 Å². The van der Waals surface area contributed by atoms with Crippen LogP contribution in [0.15, 0.2) is 54.6 Å². The van der Waals surface area contributed by atoms with Gasteiger partial charge in [0, 0.05) is 51.3 Å². The Morgan fingerprint density at radius 2 is 1.73 bits per heavy atom. The number of nitrogens with zero attached hydrogens (tertiary/aromatic N) is 2. The van der Waals surface area contributed by atoms with Gasteiger partial charge in [-0.25, -0.2) is 0 Å². The van der Waals surface area contributed by atoms with Crippen molar-refractivity contribution in [2.45, 2.75) is 19.3 Å². The van der Waals surface area contributed by atoms with Crippen molar-refractivity contribution in [2.75, 3.05) is 46.4 Å². The number of hydrogen-bond donors (Lipinski definition) is 1. The molecule has 2 aromatic rings. The average Bonchev–Trinajstić information content (AvgIpc) is 2.82. The van der Waals surface area contributed by atoms with Gasteiger partial charge in [0.05, 0.1) is 7.11 Å². The van der Waals surface area contributed by atoms with Gasteiger partial charge in [0.2, 0.25) is 5.91 Å². The van der Waals surface area contributed by atoms with Gasteiger partial charge in [0.1, 0.15) is 5.75 Å². The first-order chi connectivity index (χ1) is 14.6. The van der Waals surface area contributed by atoms with Gasteiger partial charge in [-0.3, -0.25) is 9.59 Å². The number of piperazine rings is 1. The molecule has 0 aromatic heterocycles. The molecule has 1 N–H and O–H groups in total. The molecule has 2 aromatic carbocycles. The van der Waals surface area contributed by atoms with Crippen molar-refractivity contribution in [2.24, 2.45) is 0 Å². The zero-order valence-corrected chi connectivity index (χ0v) is 17.8. The summed E-state index contributed by atoms with van der Waals surface area (Å²) >= 11 is 0. The standard InChI is InChI=1S/C24H31N3O3/c1-19(20-6-4-3-5-7-20)18-27(15-12-23(28)26-16-13-25-14-17-26)24(29)21-8-10-22(30-2)11-9-21/h3-11,19,25H,12-18H2,1-2H3. The van der Waals surface area contributed by atoms with Crippen LogP contribution in [0.25, 0.3) is 0 Å². The minimum Gasteiger partial charge on any atom is -0.497 e. The van der Waals surface area contributed by atoms with E-state index < -0.39 is 0 Å². The van der Waals surface area contributed by atoms with E-state index in [0.717, 1.165) is 26.2 Å². The molecule has 160 valence electrons. The number of amides is 2. The van der Waals surface area contributed by atoms with Gasteiger partial charge in [-0.05, 0) is 35.7 Å². The van der Waals surface area contributed by atoms with Crippen molar-refractivity contribution < 1.29 is 14.3 Å². The number of methoxy groups -OCH3 is 1. The molecule has 1 aliphatic rings. The van der Waals surface area contributed by atoms with E-state index in [1.807, 2.05) is 23.1 Å². The van der Waals surface area contributed by atoms with Crippen LogP contribution in [0.4, 0.5) is 0 Å². The molecule has 1 atom stereocenters. The Morgan fingerprint density at radius 3 is 2.37 bits per heavy atom. The van der Waals surface area contributed by atoms with E-state index in [2.05, 4.69) is 24.4 Å².